The molecule has 0 aromatic rings. The fraction of sp³-hybridized carbons (Fsp3) is 0.909. The van der Waals surface area contributed by atoms with Crippen LogP contribution in [0.4, 0.5) is 0 Å². The summed E-state index contributed by atoms with van der Waals surface area (Å²) in [6, 6.07) is 0.232. The zero-order valence-corrected chi connectivity index (χ0v) is 10.1. The van der Waals surface area contributed by atoms with Gasteiger partial charge in [-0.3, -0.25) is 9.69 Å². The second kappa shape index (κ2) is 7.60. The Morgan fingerprint density at radius 2 is 2.44 bits per heavy atom. The first-order chi connectivity index (χ1) is 7.72. The lowest BCUT2D eigenvalue weighted by atomic mass is 10.1. The Balaban J connectivity index is 2.08. The van der Waals surface area contributed by atoms with Crippen molar-refractivity contribution in [2.24, 2.45) is 5.73 Å². The van der Waals surface area contributed by atoms with Crippen molar-refractivity contribution in [2.75, 3.05) is 39.9 Å². The van der Waals surface area contributed by atoms with Gasteiger partial charge in [-0.15, -0.1) is 0 Å². The molecular weight excluding hydrogens is 206 g/mol. The number of rotatable bonds is 6. The van der Waals surface area contributed by atoms with E-state index in [0.717, 1.165) is 32.4 Å². The van der Waals surface area contributed by atoms with Gasteiger partial charge < -0.3 is 15.8 Å². The number of amides is 1. The van der Waals surface area contributed by atoms with Gasteiger partial charge in [-0.05, 0) is 25.8 Å². The Bertz CT molecular complexity index is 211. The third-order valence-corrected chi connectivity index (χ3v) is 2.76. The molecule has 16 heavy (non-hydrogen) atoms. The van der Waals surface area contributed by atoms with Gasteiger partial charge in [0, 0.05) is 32.8 Å². The fourth-order valence-electron chi connectivity index (χ4n) is 1.94. The average molecular weight is 229 g/mol. The van der Waals surface area contributed by atoms with E-state index >= 15 is 0 Å². The van der Waals surface area contributed by atoms with E-state index < -0.39 is 0 Å². The highest BCUT2D eigenvalue weighted by Gasteiger charge is 2.18. The van der Waals surface area contributed by atoms with Crippen molar-refractivity contribution in [2.45, 2.75) is 25.3 Å². The van der Waals surface area contributed by atoms with E-state index in [1.54, 1.807) is 7.11 Å². The Kier molecular flexibility index (Phi) is 6.37. The molecule has 0 unspecified atom stereocenters. The van der Waals surface area contributed by atoms with Gasteiger partial charge in [0.25, 0.3) is 0 Å². The molecule has 0 spiro atoms. The van der Waals surface area contributed by atoms with Gasteiger partial charge in [0.2, 0.25) is 5.91 Å². The van der Waals surface area contributed by atoms with Crippen molar-refractivity contribution in [1.82, 2.24) is 10.2 Å². The van der Waals surface area contributed by atoms with Gasteiger partial charge in [-0.1, -0.05) is 0 Å². The van der Waals surface area contributed by atoms with Crippen LogP contribution in [0.5, 0.6) is 0 Å². The van der Waals surface area contributed by atoms with E-state index in [1.807, 2.05) is 0 Å². The molecular formula is C11H23N3O2. The summed E-state index contributed by atoms with van der Waals surface area (Å²) in [6.45, 7) is 3.67. The molecule has 3 N–H and O–H groups in total. The molecule has 1 aliphatic rings. The first kappa shape index (κ1) is 13.4. The first-order valence-corrected chi connectivity index (χ1v) is 5.96. The third kappa shape index (κ3) is 5.44. The number of likely N-dealkylation sites (tertiary alicyclic amines) is 1. The van der Waals surface area contributed by atoms with Gasteiger partial charge >= 0.3 is 0 Å². The molecule has 1 amide bonds. The van der Waals surface area contributed by atoms with E-state index in [-0.39, 0.29) is 11.9 Å². The number of hydrogen-bond acceptors (Lipinski definition) is 4. The maximum Gasteiger partial charge on any atom is 0.234 e. The molecule has 1 fully saturated rings. The molecule has 5 nitrogen and oxygen atoms in total. The Labute approximate surface area is 97.3 Å². The van der Waals surface area contributed by atoms with E-state index in [2.05, 4.69) is 10.2 Å². The summed E-state index contributed by atoms with van der Waals surface area (Å²) in [4.78, 5) is 13.7. The number of ether oxygens (including phenoxy) is 1. The van der Waals surface area contributed by atoms with Crippen LogP contribution in [0, 0.1) is 0 Å². The van der Waals surface area contributed by atoms with Crippen molar-refractivity contribution in [3.63, 3.8) is 0 Å². The summed E-state index contributed by atoms with van der Waals surface area (Å²) in [5, 5.41) is 2.88. The summed E-state index contributed by atoms with van der Waals surface area (Å²) in [5.41, 5.74) is 5.85. The van der Waals surface area contributed by atoms with Crippen molar-refractivity contribution < 1.29 is 9.53 Å². The highest BCUT2D eigenvalue weighted by molar-refractivity contribution is 5.77. The zero-order chi connectivity index (χ0) is 11.8. The van der Waals surface area contributed by atoms with Gasteiger partial charge in [0.15, 0.2) is 0 Å². The number of nitrogens with one attached hydrogen (secondary N) is 1. The monoisotopic (exact) mass is 229 g/mol. The predicted octanol–water partition coefficient (Wildman–Crippen LogP) is -0.438. The lowest BCUT2D eigenvalue weighted by Gasteiger charge is -2.29. The van der Waals surface area contributed by atoms with Gasteiger partial charge in [-0.25, -0.2) is 0 Å². The van der Waals surface area contributed by atoms with Crippen LogP contribution >= 0.6 is 0 Å². The van der Waals surface area contributed by atoms with E-state index in [4.69, 9.17) is 10.5 Å². The van der Waals surface area contributed by atoms with Crippen molar-refractivity contribution in [1.29, 1.82) is 0 Å². The average Bonchev–Trinajstić information content (AvgIpc) is 2.24. The normalized spacial score (nSPS) is 22.0. The number of carbonyl (C=O) groups excluding carboxylic acids is 1. The van der Waals surface area contributed by atoms with E-state index in [1.165, 1.54) is 0 Å². The highest BCUT2D eigenvalue weighted by atomic mass is 16.5. The lowest BCUT2D eigenvalue weighted by Crippen LogP contribution is -2.47. The van der Waals surface area contributed by atoms with Crippen LogP contribution < -0.4 is 11.1 Å². The largest absolute Gasteiger partial charge is 0.385 e. The Morgan fingerprint density at radius 3 is 3.12 bits per heavy atom. The molecule has 0 saturated carbocycles. The summed E-state index contributed by atoms with van der Waals surface area (Å²) < 4.78 is 4.91. The molecule has 0 aliphatic carbocycles. The molecule has 0 radical (unpaired) electrons. The quantitative estimate of drug-likeness (QED) is 0.606. The standard InChI is InChI=1S/C11H23N3O2/c1-16-7-3-5-13-11(15)9-14-6-2-4-10(12)8-14/h10H,2-9,12H2,1H3,(H,13,15)/t10-/m0/s1. The SMILES string of the molecule is COCCCNC(=O)CN1CCC[C@H](N)C1. The van der Waals surface area contributed by atoms with Crippen LogP contribution in [0.2, 0.25) is 0 Å². The lowest BCUT2D eigenvalue weighted by molar-refractivity contribution is -0.122. The molecule has 1 heterocycles. The Morgan fingerprint density at radius 1 is 1.62 bits per heavy atom. The summed E-state index contributed by atoms with van der Waals surface area (Å²) >= 11 is 0. The minimum atomic E-state index is 0.0882. The number of hydrogen-bond donors (Lipinski definition) is 2. The molecule has 5 heteroatoms. The van der Waals surface area contributed by atoms with Crippen molar-refractivity contribution in [3.05, 3.63) is 0 Å². The predicted molar refractivity (Wildman–Crippen MR) is 63.2 cm³/mol. The molecule has 0 aromatic carbocycles. The van der Waals surface area contributed by atoms with Crippen molar-refractivity contribution in [3.8, 4) is 0 Å². The third-order valence-electron chi connectivity index (χ3n) is 2.76. The number of piperidine rings is 1. The molecule has 1 saturated heterocycles. The minimum Gasteiger partial charge on any atom is -0.385 e. The zero-order valence-electron chi connectivity index (χ0n) is 10.1. The molecule has 1 atom stereocenters. The summed E-state index contributed by atoms with van der Waals surface area (Å²) in [6.07, 6.45) is 3.03. The first-order valence-electron chi connectivity index (χ1n) is 5.96. The number of nitrogens with two attached hydrogens (primary N) is 1. The van der Waals surface area contributed by atoms with E-state index in [9.17, 15) is 4.79 Å². The van der Waals surface area contributed by atoms with Crippen LogP contribution in [0.3, 0.4) is 0 Å². The number of carbonyl (C=O) groups is 1. The second-order valence-electron chi connectivity index (χ2n) is 4.33. The van der Waals surface area contributed by atoms with E-state index in [0.29, 0.717) is 19.7 Å². The maximum absolute atomic E-state index is 11.5. The number of nitrogens with zero attached hydrogens (tertiary/aromatic N) is 1. The Hall–Kier alpha value is -0.650. The van der Waals surface area contributed by atoms with Crippen LogP contribution in [0.1, 0.15) is 19.3 Å². The summed E-state index contributed by atoms with van der Waals surface area (Å²) in [7, 11) is 1.66. The van der Waals surface area contributed by atoms with Crippen molar-refractivity contribution >= 4 is 5.91 Å². The van der Waals surface area contributed by atoms with Crippen LogP contribution in [-0.4, -0.2) is 56.7 Å². The molecule has 1 rings (SSSR count). The van der Waals surface area contributed by atoms with Gasteiger partial charge in [0.1, 0.15) is 0 Å². The molecule has 0 aromatic heterocycles. The smallest absolute Gasteiger partial charge is 0.234 e. The van der Waals surface area contributed by atoms with Gasteiger partial charge in [-0.2, -0.15) is 0 Å². The van der Waals surface area contributed by atoms with Gasteiger partial charge in [0.05, 0.1) is 6.54 Å². The number of methoxy groups -OCH3 is 1. The second-order valence-corrected chi connectivity index (χ2v) is 4.33. The highest BCUT2D eigenvalue weighted by Crippen LogP contribution is 2.07. The fourth-order valence-corrected chi connectivity index (χ4v) is 1.94. The molecule has 1 aliphatic heterocycles. The maximum atomic E-state index is 11.5. The summed E-state index contributed by atoms with van der Waals surface area (Å²) in [5.74, 6) is 0.0882. The van der Waals surface area contributed by atoms with Crippen LogP contribution in [0.15, 0.2) is 0 Å². The van der Waals surface area contributed by atoms with Crippen LogP contribution in [0.25, 0.3) is 0 Å². The molecule has 94 valence electrons. The molecule has 0 bridgehead atoms. The minimum absolute atomic E-state index is 0.0882. The van der Waals surface area contributed by atoms with Crippen LogP contribution in [-0.2, 0) is 9.53 Å². The topological polar surface area (TPSA) is 67.6 Å².